The Morgan fingerprint density at radius 2 is 1.01 bits per heavy atom. The maximum absolute atomic E-state index is 12.8. The number of phenolic OH excluding ortho intramolecular Hbond substituents is 2. The molecule has 0 unspecified atom stereocenters. The number of hydrogen-bond donors (Lipinski definition) is 14. The number of nitrogen functional groups attached to an aromatic ring is 1. The number of anilines is 7. The summed E-state index contributed by atoms with van der Waals surface area (Å²) in [4.78, 5) is 24.8. The van der Waals surface area contributed by atoms with Crippen molar-refractivity contribution in [3.05, 3.63) is 114 Å². The number of nitrogens with two attached hydrogens (primary N) is 1. The average molecular weight is 1690 g/mol. The van der Waals surface area contributed by atoms with E-state index in [-0.39, 0.29) is 96.0 Å². The molecule has 1 aliphatic heterocycles. The fourth-order valence-electron chi connectivity index (χ4n) is 10.3. The van der Waals surface area contributed by atoms with Crippen molar-refractivity contribution < 1.29 is 119 Å². The molecule has 0 bridgehead atoms. The zero-order valence-corrected chi connectivity index (χ0v) is 61.0. The zero-order valence-electron chi connectivity index (χ0n) is 52.9. The van der Waals surface area contributed by atoms with Crippen LogP contribution in [0.4, 0.5) is 75.0 Å². The summed E-state index contributed by atoms with van der Waals surface area (Å²) in [6.45, 7) is 2.47. The summed E-state index contributed by atoms with van der Waals surface area (Å²) in [6, 6.07) is 19.0. The van der Waals surface area contributed by atoms with Crippen molar-refractivity contribution in [1.29, 1.82) is 0 Å². The summed E-state index contributed by atoms with van der Waals surface area (Å²) in [6.07, 6.45) is 0. The van der Waals surface area contributed by atoms with Gasteiger partial charge in [-0.1, -0.05) is 33.3 Å². The van der Waals surface area contributed by atoms with E-state index < -0.39 is 131 Å². The van der Waals surface area contributed by atoms with Crippen molar-refractivity contribution in [2.24, 2.45) is 30.7 Å². The van der Waals surface area contributed by atoms with Crippen LogP contribution >= 0.6 is 59.3 Å². The van der Waals surface area contributed by atoms with Gasteiger partial charge in [-0.25, -0.2) is 15.8 Å². The monoisotopic (exact) mass is 1690 g/mol. The number of rotatable bonds is 29. The largest absolute Gasteiger partial charge is 0.505 e. The van der Waals surface area contributed by atoms with Gasteiger partial charge in [-0.3, -0.25) is 27.7 Å². The van der Waals surface area contributed by atoms with E-state index in [1.807, 2.05) is 4.90 Å². The normalized spacial score (nSPS) is 13.7. The van der Waals surface area contributed by atoms with E-state index in [1.165, 1.54) is 42.5 Å². The smallest absolute Gasteiger partial charge is 0.296 e. The predicted octanol–water partition coefficient (Wildman–Crippen LogP) is 11.3. The molecule has 0 radical (unpaired) electrons. The van der Waals surface area contributed by atoms with Gasteiger partial charge >= 0.3 is 0 Å². The molecule has 0 saturated carbocycles. The number of nitrogens with one attached hydrogen (secondary N) is 3. The van der Waals surface area contributed by atoms with Gasteiger partial charge in [-0.2, -0.15) is 72.0 Å². The van der Waals surface area contributed by atoms with E-state index in [4.69, 9.17) is 49.0 Å². The van der Waals surface area contributed by atoms with Crippen molar-refractivity contribution in [2.45, 2.75) is 39.2 Å². The zero-order chi connectivity index (χ0) is 77.8. The molecule has 15 N–H and O–H groups in total. The number of fused-ring (bicyclic) bond motifs is 3. The Balaban J connectivity index is 0.764. The average Bonchev–Trinajstić information content (AvgIpc) is 0.747. The highest BCUT2D eigenvalue weighted by molar-refractivity contribution is 7.95. The Hall–Kier alpha value is -9.26. The third-order valence-electron chi connectivity index (χ3n) is 14.9. The molecular formula is C54H44Cl2N18O26S8. The van der Waals surface area contributed by atoms with E-state index in [9.17, 15) is 75.1 Å². The van der Waals surface area contributed by atoms with Crippen molar-refractivity contribution in [2.75, 3.05) is 65.9 Å². The first-order valence-electron chi connectivity index (χ1n) is 29.0. The molecule has 1 saturated heterocycles. The Bertz CT molecular complexity index is 5950. The molecular weight excluding hydrogens is 1640 g/mol. The van der Waals surface area contributed by atoms with E-state index in [0.29, 0.717) is 92.1 Å². The Morgan fingerprint density at radius 1 is 0.481 bits per heavy atom. The third-order valence-corrected chi connectivity index (χ3v) is 21.7. The van der Waals surface area contributed by atoms with Crippen molar-refractivity contribution in [3.63, 3.8) is 0 Å². The van der Waals surface area contributed by atoms with Crippen LogP contribution in [0.1, 0.15) is 0 Å². The van der Waals surface area contributed by atoms with Crippen LogP contribution < -0.4 is 26.6 Å². The number of aromatic hydroxyl groups is 2. The van der Waals surface area contributed by atoms with E-state index in [2.05, 4.69) is 105 Å². The Morgan fingerprint density at radius 3 is 1.63 bits per heavy atom. The molecule has 10 aromatic rings. The summed E-state index contributed by atoms with van der Waals surface area (Å²) < 4.78 is 187. The van der Waals surface area contributed by atoms with Gasteiger partial charge < -0.3 is 36.8 Å². The second kappa shape index (κ2) is 32.9. The van der Waals surface area contributed by atoms with Gasteiger partial charge in [0.15, 0.2) is 11.5 Å². The van der Waals surface area contributed by atoms with E-state index >= 15 is 0 Å². The SMILES string of the molecule is Nc1c(N=Nc2cc(S(=O)(=O)O)ccc2S(=O)(=O)O)c(S(=O)(=O)O)cc2cc(SOOO)c(N=Nc3cc(Nc4nc(Cl)nc(NCCN5CCN(c6nc(Cl)nc(Nc7ccc8c(O)c(N=Nc9ccc%10c(S(=O)(=O)O)cccc%10c9SOOO)c(SOOO)cc8c7)n6)CC5)n4)ccc3S(=O)(=O)O)c(O)c12. The fraction of sp³-hybridized carbons (Fsp3) is 0.111. The molecule has 0 aliphatic carbocycles. The van der Waals surface area contributed by atoms with Gasteiger partial charge in [0, 0.05) is 66.8 Å². The second-order valence-electron chi connectivity index (χ2n) is 21.5. The van der Waals surface area contributed by atoms with E-state index in [1.54, 1.807) is 12.1 Å². The van der Waals surface area contributed by atoms with Gasteiger partial charge in [0.1, 0.15) is 53.7 Å². The lowest BCUT2D eigenvalue weighted by atomic mass is 10.1. The minimum Gasteiger partial charge on any atom is -0.505 e. The standard InChI is InChI=1S/C54H44Cl2N18O26S8/c55-49-61-51(65-52(62-49)60-27-5-10-38(106(86,87)88)33(22-27)68-71-44-36(102-99-96-78)20-25-21-40(108(92,93)94)45(42(57)41(25)47(44)76)72-69-34-23-28(104(80,81)82)6-11-39(34)107(89,90)91)58-12-13-73-14-16-74(17-15-73)54-64-50(56)63-53(66-54)59-26-4-7-29-24(18-26)19-35(101-98-95-77)43(46(29)75)70-67-32-9-8-30-31(48(32)103-100-97-79)2-1-3-37(30)105(83,84)85/h1-11,18-23,75-79H,12-17,57H2,(H,80,81,82)(H,83,84,85)(H,86,87,88)(H,89,90,91)(H,92,93,94)(H,59,63,64,66)(H2,58,60,61,62,65). The highest BCUT2D eigenvalue weighted by Crippen LogP contribution is 2.51. The van der Waals surface area contributed by atoms with Crippen LogP contribution in [0.2, 0.25) is 10.6 Å². The lowest BCUT2D eigenvalue weighted by Crippen LogP contribution is -2.48. The molecule has 11 rings (SSSR count). The minimum atomic E-state index is -5.43. The predicted molar refractivity (Wildman–Crippen MR) is 379 cm³/mol. The molecule has 54 heteroatoms. The number of azo groups is 3. The second-order valence-corrected chi connectivity index (χ2v) is 31.4. The fourth-order valence-corrected chi connectivity index (χ4v) is 15.3. The molecule has 1 aliphatic rings. The minimum absolute atomic E-state index is 0.0126. The van der Waals surface area contributed by atoms with Crippen LogP contribution in [0, 0.1) is 0 Å². The summed E-state index contributed by atoms with van der Waals surface area (Å²) in [7, 11) is -25.6. The Kier molecular flexibility index (Phi) is 24.3. The van der Waals surface area contributed by atoms with Gasteiger partial charge in [-0.05, 0) is 119 Å². The number of aromatic nitrogens is 6. The van der Waals surface area contributed by atoms with Crippen molar-refractivity contribution in [1.82, 2.24) is 34.8 Å². The number of nitrogens with zero attached hydrogens (tertiary/aromatic N) is 14. The van der Waals surface area contributed by atoms with Crippen molar-refractivity contribution >= 4 is 217 Å². The molecule has 0 atom stereocenters. The van der Waals surface area contributed by atoms with Crippen LogP contribution in [-0.4, -0.2) is 165 Å². The van der Waals surface area contributed by atoms with Crippen LogP contribution in [0.25, 0.3) is 32.3 Å². The first-order valence-corrected chi connectivity index (χ1v) is 39.2. The molecule has 2 aromatic heterocycles. The van der Waals surface area contributed by atoms with Crippen molar-refractivity contribution in [3.8, 4) is 11.5 Å². The highest BCUT2D eigenvalue weighted by atomic mass is 35.5. The lowest BCUT2D eigenvalue weighted by Gasteiger charge is -2.34. The summed E-state index contributed by atoms with van der Waals surface area (Å²) in [5.41, 5.74) is 2.14. The molecule has 8 aromatic carbocycles. The molecule has 1 fully saturated rings. The topological polar surface area (TPSA) is 648 Å². The summed E-state index contributed by atoms with van der Waals surface area (Å²) in [5, 5.41) is 93.4. The van der Waals surface area contributed by atoms with Gasteiger partial charge in [0.2, 0.25) is 34.4 Å². The lowest BCUT2D eigenvalue weighted by molar-refractivity contribution is -0.432. The molecule has 568 valence electrons. The number of hydrogen-bond acceptors (Lipinski definition) is 42. The van der Waals surface area contributed by atoms with Crippen LogP contribution in [0.15, 0.2) is 173 Å². The van der Waals surface area contributed by atoms with Crippen LogP contribution in [-0.2, 0) is 78.7 Å². The molecule has 108 heavy (non-hydrogen) atoms. The third kappa shape index (κ3) is 18.7. The quantitative estimate of drug-likeness (QED) is 0.00517. The summed E-state index contributed by atoms with van der Waals surface area (Å²) in [5.74, 6) is -1.47. The van der Waals surface area contributed by atoms with Gasteiger partial charge in [0.05, 0.1) is 66.8 Å². The first-order chi connectivity index (χ1) is 51.1. The maximum Gasteiger partial charge on any atom is 0.296 e. The number of benzene rings is 8. The molecule has 0 amide bonds. The highest BCUT2D eigenvalue weighted by Gasteiger charge is 2.29. The molecule has 0 spiro atoms. The van der Waals surface area contributed by atoms with Crippen LogP contribution in [0.5, 0.6) is 11.5 Å². The number of piperazine rings is 1. The molecule has 44 nitrogen and oxygen atoms in total. The van der Waals surface area contributed by atoms with E-state index in [0.717, 1.165) is 24.3 Å². The first kappa shape index (κ1) is 79.8. The van der Waals surface area contributed by atoms with Crippen LogP contribution in [0.3, 0.4) is 0 Å². The Labute approximate surface area is 627 Å². The number of halogens is 2. The van der Waals surface area contributed by atoms with Gasteiger partial charge in [0.25, 0.3) is 50.6 Å². The number of phenols is 2. The molecule has 3 heterocycles. The summed E-state index contributed by atoms with van der Waals surface area (Å²) >= 11 is 13.7. The van der Waals surface area contributed by atoms with Gasteiger partial charge in [-0.15, -0.1) is 43.7 Å². The maximum atomic E-state index is 12.8.